The first-order valence-electron chi connectivity index (χ1n) is 2.93. The van der Waals surface area contributed by atoms with Crippen LogP contribution >= 0.6 is 0 Å². The Balaban J connectivity index is 3.47. The van der Waals surface area contributed by atoms with Gasteiger partial charge in [0, 0.05) is 7.05 Å². The van der Waals surface area contributed by atoms with E-state index in [4.69, 9.17) is 0 Å². The lowest BCUT2D eigenvalue weighted by molar-refractivity contribution is 1.10. The van der Waals surface area contributed by atoms with E-state index in [-0.39, 0.29) is 0 Å². The molecule has 0 aliphatic carbocycles. The summed E-state index contributed by atoms with van der Waals surface area (Å²) < 4.78 is 0. The van der Waals surface area contributed by atoms with Gasteiger partial charge < -0.3 is 5.32 Å². The van der Waals surface area contributed by atoms with Crippen molar-refractivity contribution in [2.45, 2.75) is 6.92 Å². The van der Waals surface area contributed by atoms with Crippen molar-refractivity contribution in [3.8, 4) is 0 Å². The maximum atomic E-state index is 3.71. The molecular weight excluding hydrogens is 110 g/mol. The zero-order valence-electron chi connectivity index (χ0n) is 6.02. The van der Waals surface area contributed by atoms with Crippen LogP contribution in [0.25, 0.3) is 0 Å². The normalized spacial score (nSPS) is 10.9. The SMILES string of the molecule is C=C(C)C=CC=CNC. The van der Waals surface area contributed by atoms with E-state index in [1.165, 1.54) is 0 Å². The van der Waals surface area contributed by atoms with Gasteiger partial charge in [-0.05, 0) is 19.2 Å². The molecule has 9 heavy (non-hydrogen) atoms. The van der Waals surface area contributed by atoms with Crippen LogP contribution in [-0.4, -0.2) is 7.05 Å². The Labute approximate surface area is 56.8 Å². The third kappa shape index (κ3) is 7.02. The highest BCUT2D eigenvalue weighted by molar-refractivity contribution is 5.16. The summed E-state index contributed by atoms with van der Waals surface area (Å²) in [6, 6.07) is 0. The first kappa shape index (κ1) is 8.02. The van der Waals surface area contributed by atoms with Crippen molar-refractivity contribution in [3.05, 3.63) is 36.6 Å². The quantitative estimate of drug-likeness (QED) is 0.565. The van der Waals surface area contributed by atoms with Gasteiger partial charge in [-0.15, -0.1) is 0 Å². The molecule has 0 bridgehead atoms. The molecule has 0 spiro atoms. The van der Waals surface area contributed by atoms with Crippen LogP contribution in [-0.2, 0) is 0 Å². The lowest BCUT2D eigenvalue weighted by Gasteiger charge is -1.81. The summed E-state index contributed by atoms with van der Waals surface area (Å²) in [5.41, 5.74) is 1.07. The highest BCUT2D eigenvalue weighted by Crippen LogP contribution is 1.87. The molecule has 50 valence electrons. The Bertz CT molecular complexity index is 132. The Hall–Kier alpha value is -0.980. The fourth-order valence-electron chi connectivity index (χ4n) is 0.372. The van der Waals surface area contributed by atoms with Crippen LogP contribution in [0.5, 0.6) is 0 Å². The molecular formula is C8H13N. The maximum absolute atomic E-state index is 3.71. The van der Waals surface area contributed by atoms with Gasteiger partial charge in [0.2, 0.25) is 0 Å². The molecule has 0 fully saturated rings. The van der Waals surface area contributed by atoms with Crippen molar-refractivity contribution in [3.63, 3.8) is 0 Å². The third-order valence-corrected chi connectivity index (χ3v) is 0.755. The second-order valence-corrected chi connectivity index (χ2v) is 1.85. The van der Waals surface area contributed by atoms with Crippen molar-refractivity contribution in [2.24, 2.45) is 0 Å². The molecule has 0 aliphatic rings. The molecule has 0 aliphatic heterocycles. The second-order valence-electron chi connectivity index (χ2n) is 1.85. The lowest BCUT2D eigenvalue weighted by Crippen LogP contribution is -1.89. The number of hydrogen-bond donors (Lipinski definition) is 1. The van der Waals surface area contributed by atoms with Crippen molar-refractivity contribution in [1.29, 1.82) is 0 Å². The first-order valence-corrected chi connectivity index (χ1v) is 2.93. The molecule has 1 N–H and O–H groups in total. The monoisotopic (exact) mass is 123 g/mol. The van der Waals surface area contributed by atoms with Gasteiger partial charge in [0.25, 0.3) is 0 Å². The molecule has 0 atom stereocenters. The van der Waals surface area contributed by atoms with Crippen LogP contribution in [0.15, 0.2) is 36.6 Å². The summed E-state index contributed by atoms with van der Waals surface area (Å²) in [5, 5.41) is 2.88. The van der Waals surface area contributed by atoms with Gasteiger partial charge in [-0.25, -0.2) is 0 Å². The molecule has 0 amide bonds. The van der Waals surface area contributed by atoms with E-state index in [1.807, 2.05) is 38.4 Å². The molecule has 0 aromatic rings. The zero-order chi connectivity index (χ0) is 7.11. The largest absolute Gasteiger partial charge is 0.394 e. The minimum atomic E-state index is 1.07. The van der Waals surface area contributed by atoms with Crippen molar-refractivity contribution < 1.29 is 0 Å². The molecule has 0 heterocycles. The Morgan fingerprint density at radius 2 is 2.11 bits per heavy atom. The summed E-state index contributed by atoms with van der Waals surface area (Å²) >= 11 is 0. The third-order valence-electron chi connectivity index (χ3n) is 0.755. The van der Waals surface area contributed by atoms with Crippen molar-refractivity contribution in [1.82, 2.24) is 5.32 Å². The highest BCUT2D eigenvalue weighted by Gasteiger charge is 1.67. The summed E-state index contributed by atoms with van der Waals surface area (Å²) in [6.07, 6.45) is 7.68. The Kier molecular flexibility index (Phi) is 4.60. The van der Waals surface area contributed by atoms with Gasteiger partial charge >= 0.3 is 0 Å². The lowest BCUT2D eigenvalue weighted by atomic mass is 10.3. The predicted octanol–water partition coefficient (Wildman–Crippen LogP) is 1.85. The van der Waals surface area contributed by atoms with E-state index in [0.717, 1.165) is 5.57 Å². The van der Waals surface area contributed by atoms with Gasteiger partial charge in [-0.1, -0.05) is 24.3 Å². The average molecular weight is 123 g/mol. The van der Waals surface area contributed by atoms with Gasteiger partial charge in [0.05, 0.1) is 0 Å². The van der Waals surface area contributed by atoms with Crippen LogP contribution in [0.4, 0.5) is 0 Å². The molecule has 0 saturated heterocycles. The average Bonchev–Trinajstić information content (AvgIpc) is 1.80. The number of nitrogens with one attached hydrogen (secondary N) is 1. The molecule has 0 saturated carbocycles. The minimum absolute atomic E-state index is 1.07. The molecule has 0 rings (SSSR count). The second kappa shape index (κ2) is 5.16. The molecule has 0 aromatic heterocycles. The summed E-state index contributed by atoms with van der Waals surface area (Å²) in [4.78, 5) is 0. The number of hydrogen-bond acceptors (Lipinski definition) is 1. The van der Waals surface area contributed by atoms with Gasteiger partial charge in [-0.2, -0.15) is 0 Å². The highest BCUT2D eigenvalue weighted by atomic mass is 14.8. The molecule has 0 unspecified atom stereocenters. The Morgan fingerprint density at radius 1 is 1.44 bits per heavy atom. The van der Waals surface area contributed by atoms with E-state index in [2.05, 4.69) is 11.9 Å². The van der Waals surface area contributed by atoms with Crippen LogP contribution in [0.3, 0.4) is 0 Å². The summed E-state index contributed by atoms with van der Waals surface area (Å²) in [6.45, 7) is 5.67. The Morgan fingerprint density at radius 3 is 2.56 bits per heavy atom. The standard InChI is InChI=1S/C8H13N/c1-8(2)6-4-5-7-9-3/h4-7,9H,1H2,2-3H3. The summed E-state index contributed by atoms with van der Waals surface area (Å²) in [7, 11) is 1.87. The van der Waals surface area contributed by atoms with E-state index in [0.29, 0.717) is 0 Å². The summed E-state index contributed by atoms with van der Waals surface area (Å²) in [5.74, 6) is 0. The minimum Gasteiger partial charge on any atom is -0.394 e. The van der Waals surface area contributed by atoms with E-state index >= 15 is 0 Å². The zero-order valence-corrected chi connectivity index (χ0v) is 6.02. The topological polar surface area (TPSA) is 12.0 Å². The maximum Gasteiger partial charge on any atom is 0.00277 e. The van der Waals surface area contributed by atoms with E-state index in [9.17, 15) is 0 Å². The van der Waals surface area contributed by atoms with Crippen LogP contribution in [0.1, 0.15) is 6.92 Å². The van der Waals surface area contributed by atoms with Crippen LogP contribution in [0.2, 0.25) is 0 Å². The fourth-order valence-corrected chi connectivity index (χ4v) is 0.372. The first-order chi connectivity index (χ1) is 4.27. The van der Waals surface area contributed by atoms with Crippen molar-refractivity contribution >= 4 is 0 Å². The fraction of sp³-hybridized carbons (Fsp3) is 0.250. The number of rotatable bonds is 3. The molecule has 1 nitrogen and oxygen atoms in total. The van der Waals surface area contributed by atoms with E-state index < -0.39 is 0 Å². The van der Waals surface area contributed by atoms with Gasteiger partial charge in [0.15, 0.2) is 0 Å². The smallest absolute Gasteiger partial charge is 0.00277 e. The van der Waals surface area contributed by atoms with E-state index in [1.54, 1.807) is 0 Å². The number of allylic oxidation sites excluding steroid dienone is 4. The molecule has 0 radical (unpaired) electrons. The van der Waals surface area contributed by atoms with Crippen molar-refractivity contribution in [2.75, 3.05) is 7.05 Å². The predicted molar refractivity (Wildman–Crippen MR) is 42.2 cm³/mol. The van der Waals surface area contributed by atoms with Gasteiger partial charge in [0.1, 0.15) is 0 Å². The van der Waals surface area contributed by atoms with Crippen LogP contribution < -0.4 is 5.32 Å². The van der Waals surface area contributed by atoms with Gasteiger partial charge in [-0.3, -0.25) is 0 Å². The molecule has 1 heteroatoms. The molecule has 0 aromatic carbocycles. The van der Waals surface area contributed by atoms with Crippen LogP contribution in [0, 0.1) is 0 Å².